The highest BCUT2D eigenvalue weighted by Crippen LogP contribution is 2.22. The van der Waals surface area contributed by atoms with Gasteiger partial charge in [-0.25, -0.2) is 0 Å². The second-order valence-electron chi connectivity index (χ2n) is 14.9. The fourth-order valence-electron chi connectivity index (χ4n) is 6.91. The summed E-state index contributed by atoms with van der Waals surface area (Å²) in [5, 5.41) is 0. The van der Waals surface area contributed by atoms with Gasteiger partial charge in [0.25, 0.3) is 0 Å². The summed E-state index contributed by atoms with van der Waals surface area (Å²) in [5.41, 5.74) is 0. The Kier molecular flexibility index (Phi) is 34.5. The predicted molar refractivity (Wildman–Crippen MR) is 191 cm³/mol. The summed E-state index contributed by atoms with van der Waals surface area (Å²) in [6.45, 7) is 12.0. The third-order valence-corrected chi connectivity index (χ3v) is 10.2. The van der Waals surface area contributed by atoms with Gasteiger partial charge in [0.1, 0.15) is 0 Å². The number of hydrogen-bond donors (Lipinski definition) is 0. The summed E-state index contributed by atoms with van der Waals surface area (Å²) < 4.78 is 0. The number of unbranched alkanes of at least 4 members (excludes halogenated alkanes) is 26. The lowest BCUT2D eigenvalue weighted by atomic mass is 9.91. The van der Waals surface area contributed by atoms with Gasteiger partial charge in [0.2, 0.25) is 0 Å². The number of rotatable bonds is 35. The van der Waals surface area contributed by atoms with Gasteiger partial charge in [-0.1, -0.05) is 240 Å². The Balaban J connectivity index is 3.19. The maximum Gasteiger partial charge on any atom is -0.0440 e. The molecule has 0 bridgehead atoms. The largest absolute Gasteiger partial charge is 0.0654 e. The molecule has 0 aromatic heterocycles. The van der Waals surface area contributed by atoms with Crippen molar-refractivity contribution in [3.63, 3.8) is 0 Å². The first-order valence-electron chi connectivity index (χ1n) is 20.1. The van der Waals surface area contributed by atoms with Crippen LogP contribution in [0.15, 0.2) is 0 Å². The first-order valence-corrected chi connectivity index (χ1v) is 20.1. The Morgan fingerprint density at radius 2 is 0.512 bits per heavy atom. The van der Waals surface area contributed by atoms with Crippen molar-refractivity contribution in [3.8, 4) is 0 Å². The highest BCUT2D eigenvalue weighted by atomic mass is 14.1. The molecular formula is C41H84. The molecule has 0 aliphatic carbocycles. The molecule has 0 spiro atoms. The van der Waals surface area contributed by atoms with Crippen LogP contribution < -0.4 is 0 Å². The molecule has 0 radical (unpaired) electrons. The van der Waals surface area contributed by atoms with Crippen molar-refractivity contribution < 1.29 is 0 Å². The van der Waals surface area contributed by atoms with E-state index in [0.717, 1.165) is 17.8 Å². The SMILES string of the molecule is CCCCCCCCCCCCCCCC(C)CCCCCCCCCCCCCCCCCC(C)CC(C)CC. The van der Waals surface area contributed by atoms with Crippen LogP contribution >= 0.6 is 0 Å². The summed E-state index contributed by atoms with van der Waals surface area (Å²) >= 11 is 0. The molecule has 0 rings (SSSR count). The molecule has 0 aromatic carbocycles. The van der Waals surface area contributed by atoms with Gasteiger partial charge in [0.15, 0.2) is 0 Å². The monoisotopic (exact) mass is 577 g/mol. The van der Waals surface area contributed by atoms with Crippen molar-refractivity contribution in [3.05, 3.63) is 0 Å². The van der Waals surface area contributed by atoms with Crippen molar-refractivity contribution in [1.82, 2.24) is 0 Å². The fourth-order valence-corrected chi connectivity index (χ4v) is 6.91. The zero-order valence-electron chi connectivity index (χ0n) is 30.1. The van der Waals surface area contributed by atoms with E-state index in [-0.39, 0.29) is 0 Å². The molecule has 0 saturated heterocycles. The molecule has 3 atom stereocenters. The second kappa shape index (κ2) is 34.5. The molecule has 0 saturated carbocycles. The van der Waals surface area contributed by atoms with E-state index in [1.807, 2.05) is 0 Å². The summed E-state index contributed by atoms with van der Waals surface area (Å²) in [7, 11) is 0. The van der Waals surface area contributed by atoms with E-state index < -0.39 is 0 Å². The number of hydrogen-bond acceptors (Lipinski definition) is 0. The van der Waals surface area contributed by atoms with Crippen molar-refractivity contribution >= 4 is 0 Å². The van der Waals surface area contributed by atoms with Crippen LogP contribution in [0.4, 0.5) is 0 Å². The highest BCUT2D eigenvalue weighted by Gasteiger charge is 2.07. The average molecular weight is 577 g/mol. The van der Waals surface area contributed by atoms with Crippen LogP contribution in [-0.4, -0.2) is 0 Å². The lowest BCUT2D eigenvalue weighted by molar-refractivity contribution is 0.374. The molecule has 0 nitrogen and oxygen atoms in total. The maximum absolute atomic E-state index is 2.51. The predicted octanol–water partition coefficient (Wildman–Crippen LogP) is 15.8. The molecule has 0 heteroatoms. The molecule has 0 aliphatic rings. The minimum absolute atomic E-state index is 0.923. The normalized spacial score (nSPS) is 14.0. The van der Waals surface area contributed by atoms with Gasteiger partial charge in [0, 0.05) is 0 Å². The van der Waals surface area contributed by atoms with Crippen LogP contribution in [0.2, 0.25) is 0 Å². The molecule has 3 unspecified atom stereocenters. The van der Waals surface area contributed by atoms with Crippen LogP contribution in [0.5, 0.6) is 0 Å². The van der Waals surface area contributed by atoms with E-state index in [1.54, 1.807) is 0 Å². The van der Waals surface area contributed by atoms with E-state index in [0.29, 0.717) is 0 Å². The molecule has 0 N–H and O–H groups in total. The molecule has 248 valence electrons. The standard InChI is InChI=1S/C41H84/c1-6-8-9-10-11-12-13-17-20-23-26-29-32-35-40(4)36-33-30-27-24-21-18-15-14-16-19-22-25-28-31-34-37-41(5)38-39(3)7-2/h39-41H,6-38H2,1-5H3. The van der Waals surface area contributed by atoms with Crippen LogP contribution in [0.1, 0.15) is 247 Å². The van der Waals surface area contributed by atoms with E-state index in [9.17, 15) is 0 Å². The molecule has 41 heavy (non-hydrogen) atoms. The minimum Gasteiger partial charge on any atom is -0.0654 e. The van der Waals surface area contributed by atoms with Crippen molar-refractivity contribution in [2.24, 2.45) is 17.8 Å². The average Bonchev–Trinajstić information content (AvgIpc) is 2.96. The Labute approximate surface area is 263 Å². The molecule has 0 aromatic rings. The van der Waals surface area contributed by atoms with Crippen LogP contribution in [0, 0.1) is 17.8 Å². The van der Waals surface area contributed by atoms with Gasteiger partial charge in [-0.3, -0.25) is 0 Å². The Hall–Kier alpha value is 0. The lowest BCUT2D eigenvalue weighted by Gasteiger charge is -2.15. The van der Waals surface area contributed by atoms with Gasteiger partial charge < -0.3 is 0 Å². The molecule has 0 heterocycles. The van der Waals surface area contributed by atoms with E-state index in [4.69, 9.17) is 0 Å². The fraction of sp³-hybridized carbons (Fsp3) is 1.00. The van der Waals surface area contributed by atoms with Crippen LogP contribution in [-0.2, 0) is 0 Å². The third-order valence-electron chi connectivity index (χ3n) is 10.2. The first kappa shape index (κ1) is 41.0. The first-order chi connectivity index (χ1) is 20.1. The minimum atomic E-state index is 0.923. The second-order valence-corrected chi connectivity index (χ2v) is 14.9. The van der Waals surface area contributed by atoms with Crippen molar-refractivity contribution in [2.45, 2.75) is 247 Å². The van der Waals surface area contributed by atoms with E-state index in [1.165, 1.54) is 212 Å². The van der Waals surface area contributed by atoms with Gasteiger partial charge in [-0.05, 0) is 24.2 Å². The zero-order chi connectivity index (χ0) is 30.1. The third kappa shape index (κ3) is 34.4. The topological polar surface area (TPSA) is 0 Å². The van der Waals surface area contributed by atoms with E-state index in [2.05, 4.69) is 34.6 Å². The van der Waals surface area contributed by atoms with Crippen molar-refractivity contribution in [1.29, 1.82) is 0 Å². The van der Waals surface area contributed by atoms with Crippen LogP contribution in [0.3, 0.4) is 0 Å². The van der Waals surface area contributed by atoms with Gasteiger partial charge in [-0.15, -0.1) is 0 Å². The maximum atomic E-state index is 2.51. The van der Waals surface area contributed by atoms with Gasteiger partial charge in [0.05, 0.1) is 0 Å². The summed E-state index contributed by atoms with van der Waals surface area (Å²) in [5.74, 6) is 2.83. The zero-order valence-corrected chi connectivity index (χ0v) is 30.1. The van der Waals surface area contributed by atoms with E-state index >= 15 is 0 Å². The highest BCUT2D eigenvalue weighted by molar-refractivity contribution is 4.60. The van der Waals surface area contributed by atoms with Gasteiger partial charge >= 0.3 is 0 Å². The summed E-state index contributed by atoms with van der Waals surface area (Å²) in [4.78, 5) is 0. The summed E-state index contributed by atoms with van der Waals surface area (Å²) in [6, 6.07) is 0. The molecule has 0 aliphatic heterocycles. The molecular weight excluding hydrogens is 492 g/mol. The van der Waals surface area contributed by atoms with Gasteiger partial charge in [-0.2, -0.15) is 0 Å². The molecule has 0 amide bonds. The molecule has 0 fully saturated rings. The van der Waals surface area contributed by atoms with Crippen LogP contribution in [0.25, 0.3) is 0 Å². The lowest BCUT2D eigenvalue weighted by Crippen LogP contribution is -2.02. The Bertz CT molecular complexity index is 453. The summed E-state index contributed by atoms with van der Waals surface area (Å²) in [6.07, 6.45) is 48.6. The quantitative estimate of drug-likeness (QED) is 0.0658. The van der Waals surface area contributed by atoms with Crippen molar-refractivity contribution in [2.75, 3.05) is 0 Å². The smallest absolute Gasteiger partial charge is 0.0440 e. The Morgan fingerprint density at radius 3 is 0.780 bits per heavy atom. The Morgan fingerprint density at radius 1 is 0.268 bits per heavy atom.